The molecule has 18 heavy (non-hydrogen) atoms. The van der Waals surface area contributed by atoms with Gasteiger partial charge in [-0.3, -0.25) is 0 Å². The van der Waals surface area contributed by atoms with Crippen LogP contribution < -0.4 is 0 Å². The maximum absolute atomic E-state index is 13.7. The Morgan fingerprint density at radius 3 is 2.33 bits per heavy atom. The molecule has 1 atom stereocenters. The molecule has 0 bridgehead atoms. The van der Waals surface area contributed by atoms with E-state index in [0.29, 0.717) is 10.0 Å². The average molecular weight is 334 g/mol. The van der Waals surface area contributed by atoms with Crippen molar-refractivity contribution in [3.8, 4) is 0 Å². The van der Waals surface area contributed by atoms with Crippen LogP contribution in [0, 0.1) is 11.6 Å². The summed E-state index contributed by atoms with van der Waals surface area (Å²) in [6.07, 6.45) is -1.18. The molecule has 0 saturated carbocycles. The Kier molecular flexibility index (Phi) is 4.00. The second-order valence-electron chi connectivity index (χ2n) is 3.73. The van der Waals surface area contributed by atoms with Crippen molar-refractivity contribution in [2.24, 2.45) is 0 Å². The van der Waals surface area contributed by atoms with Gasteiger partial charge in [0.1, 0.15) is 17.7 Å². The molecule has 0 aromatic heterocycles. The normalized spacial score (nSPS) is 12.5. The Hall–Kier alpha value is -0.970. The first-order valence-electron chi connectivity index (χ1n) is 5.07. The summed E-state index contributed by atoms with van der Waals surface area (Å²) in [5.41, 5.74) is 0.476. The summed E-state index contributed by atoms with van der Waals surface area (Å²) in [4.78, 5) is 0. The Bertz CT molecular complexity index is 538. The van der Waals surface area contributed by atoms with Crippen LogP contribution in [-0.4, -0.2) is 5.11 Å². The molecule has 0 radical (unpaired) electrons. The first-order valence-corrected chi connectivity index (χ1v) is 6.24. The third-order valence-corrected chi connectivity index (χ3v) is 3.44. The highest BCUT2D eigenvalue weighted by molar-refractivity contribution is 9.10. The van der Waals surface area contributed by atoms with Crippen LogP contribution in [0.2, 0.25) is 5.02 Å². The van der Waals surface area contributed by atoms with Gasteiger partial charge in [-0.05, 0) is 29.8 Å². The molecule has 0 saturated heterocycles. The monoisotopic (exact) mass is 332 g/mol. The average Bonchev–Trinajstić information content (AvgIpc) is 2.28. The lowest BCUT2D eigenvalue weighted by Crippen LogP contribution is -2.03. The SMILES string of the molecule is OC(c1ccc(Cl)cc1F)c1ccc(F)cc1Br. The van der Waals surface area contributed by atoms with Gasteiger partial charge in [0, 0.05) is 15.1 Å². The fourth-order valence-corrected chi connectivity index (χ4v) is 2.34. The smallest absolute Gasteiger partial charge is 0.130 e. The molecule has 1 unspecified atom stereocenters. The molecule has 5 heteroatoms. The van der Waals surface area contributed by atoms with Gasteiger partial charge in [-0.1, -0.05) is 39.7 Å². The van der Waals surface area contributed by atoms with Crippen molar-refractivity contribution in [1.82, 2.24) is 0 Å². The molecule has 0 heterocycles. The number of hydrogen-bond acceptors (Lipinski definition) is 1. The molecule has 0 amide bonds. The summed E-state index contributed by atoms with van der Waals surface area (Å²) < 4.78 is 27.0. The zero-order valence-corrected chi connectivity index (χ0v) is 11.3. The topological polar surface area (TPSA) is 20.2 Å². The highest BCUT2D eigenvalue weighted by Gasteiger charge is 2.18. The first kappa shape index (κ1) is 13.5. The lowest BCUT2D eigenvalue weighted by Gasteiger charge is -2.14. The lowest BCUT2D eigenvalue weighted by molar-refractivity contribution is 0.214. The number of halogens is 4. The molecule has 1 nitrogen and oxygen atoms in total. The van der Waals surface area contributed by atoms with Crippen LogP contribution in [0.3, 0.4) is 0 Å². The van der Waals surface area contributed by atoms with Gasteiger partial charge in [-0.15, -0.1) is 0 Å². The minimum Gasteiger partial charge on any atom is -0.384 e. The van der Waals surface area contributed by atoms with Crippen molar-refractivity contribution in [3.05, 3.63) is 68.7 Å². The van der Waals surface area contributed by atoms with E-state index in [1.54, 1.807) is 0 Å². The summed E-state index contributed by atoms with van der Waals surface area (Å²) in [7, 11) is 0. The minimum atomic E-state index is -1.18. The van der Waals surface area contributed by atoms with Crippen molar-refractivity contribution >= 4 is 27.5 Å². The van der Waals surface area contributed by atoms with E-state index >= 15 is 0 Å². The maximum Gasteiger partial charge on any atom is 0.130 e. The van der Waals surface area contributed by atoms with E-state index in [2.05, 4.69) is 15.9 Å². The van der Waals surface area contributed by atoms with Gasteiger partial charge >= 0.3 is 0 Å². The fourth-order valence-electron chi connectivity index (χ4n) is 1.61. The first-order chi connectivity index (χ1) is 8.49. The lowest BCUT2D eigenvalue weighted by atomic mass is 10.0. The quantitative estimate of drug-likeness (QED) is 0.860. The van der Waals surface area contributed by atoms with Crippen LogP contribution >= 0.6 is 27.5 Å². The molecular formula is C13H8BrClF2O. The highest BCUT2D eigenvalue weighted by Crippen LogP contribution is 2.31. The highest BCUT2D eigenvalue weighted by atomic mass is 79.9. The molecule has 0 spiro atoms. The molecule has 0 aliphatic rings. The second-order valence-corrected chi connectivity index (χ2v) is 5.02. The third-order valence-electron chi connectivity index (χ3n) is 2.51. The van der Waals surface area contributed by atoms with Gasteiger partial charge in [0.05, 0.1) is 0 Å². The fraction of sp³-hybridized carbons (Fsp3) is 0.0769. The van der Waals surface area contributed by atoms with Crippen LogP contribution in [-0.2, 0) is 0 Å². The summed E-state index contributed by atoms with van der Waals surface area (Å²) in [5.74, 6) is -1.04. The standard InChI is InChI=1S/C13H8BrClF2O/c14-11-6-8(16)2-4-9(11)13(18)10-3-1-7(15)5-12(10)17/h1-6,13,18H. The van der Waals surface area contributed by atoms with Crippen LogP contribution in [0.15, 0.2) is 40.9 Å². The summed E-state index contributed by atoms with van der Waals surface area (Å²) >= 11 is 8.77. The number of aliphatic hydroxyl groups excluding tert-OH is 1. The molecule has 1 N–H and O–H groups in total. The molecule has 0 aliphatic heterocycles. The molecule has 2 rings (SSSR count). The zero-order valence-electron chi connectivity index (χ0n) is 9.00. The molecule has 2 aromatic rings. The molecular weight excluding hydrogens is 325 g/mol. The Morgan fingerprint density at radius 1 is 1.06 bits per heavy atom. The van der Waals surface area contributed by atoms with Crippen molar-refractivity contribution < 1.29 is 13.9 Å². The summed E-state index contributed by atoms with van der Waals surface area (Å²) in [5, 5.41) is 10.4. The number of aliphatic hydroxyl groups is 1. The summed E-state index contributed by atoms with van der Waals surface area (Å²) in [6.45, 7) is 0. The minimum absolute atomic E-state index is 0.0895. The van der Waals surface area contributed by atoms with E-state index < -0.39 is 17.7 Å². The van der Waals surface area contributed by atoms with Gasteiger partial charge < -0.3 is 5.11 Å². The van der Waals surface area contributed by atoms with Gasteiger partial charge in [0.2, 0.25) is 0 Å². The molecule has 0 aliphatic carbocycles. The van der Waals surface area contributed by atoms with E-state index in [4.69, 9.17) is 11.6 Å². The second kappa shape index (κ2) is 5.34. The number of hydrogen-bond donors (Lipinski definition) is 1. The Balaban J connectivity index is 2.44. The van der Waals surface area contributed by atoms with Crippen LogP contribution in [0.5, 0.6) is 0 Å². The Morgan fingerprint density at radius 2 is 1.72 bits per heavy atom. The van der Waals surface area contributed by atoms with E-state index in [-0.39, 0.29) is 10.6 Å². The van der Waals surface area contributed by atoms with E-state index in [0.717, 1.165) is 6.07 Å². The van der Waals surface area contributed by atoms with Gasteiger partial charge in [-0.25, -0.2) is 8.78 Å². The van der Waals surface area contributed by atoms with Crippen LogP contribution in [0.25, 0.3) is 0 Å². The molecule has 2 aromatic carbocycles. The molecule has 94 valence electrons. The number of rotatable bonds is 2. The van der Waals surface area contributed by atoms with E-state index in [1.807, 2.05) is 0 Å². The van der Waals surface area contributed by atoms with E-state index in [9.17, 15) is 13.9 Å². The largest absolute Gasteiger partial charge is 0.384 e. The van der Waals surface area contributed by atoms with Crippen LogP contribution in [0.1, 0.15) is 17.2 Å². The number of benzene rings is 2. The predicted octanol–water partition coefficient (Wildman–Crippen LogP) is 4.46. The third kappa shape index (κ3) is 2.71. The van der Waals surface area contributed by atoms with Gasteiger partial charge in [0.15, 0.2) is 0 Å². The van der Waals surface area contributed by atoms with Gasteiger partial charge in [0.25, 0.3) is 0 Å². The predicted molar refractivity (Wildman–Crippen MR) is 69.6 cm³/mol. The zero-order chi connectivity index (χ0) is 13.3. The van der Waals surface area contributed by atoms with Crippen molar-refractivity contribution in [2.45, 2.75) is 6.10 Å². The maximum atomic E-state index is 13.7. The molecule has 0 fully saturated rings. The summed E-state index contributed by atoms with van der Waals surface area (Å²) in [6, 6.07) is 7.83. The van der Waals surface area contributed by atoms with Crippen molar-refractivity contribution in [2.75, 3.05) is 0 Å². The van der Waals surface area contributed by atoms with Crippen molar-refractivity contribution in [3.63, 3.8) is 0 Å². The van der Waals surface area contributed by atoms with E-state index in [1.165, 1.54) is 30.3 Å². The van der Waals surface area contributed by atoms with Gasteiger partial charge in [-0.2, -0.15) is 0 Å². The van der Waals surface area contributed by atoms with Crippen molar-refractivity contribution in [1.29, 1.82) is 0 Å². The van der Waals surface area contributed by atoms with Crippen LogP contribution in [0.4, 0.5) is 8.78 Å². The Labute approximate surface area is 116 Å².